The number of carbonyl (C=O) groups excluding carboxylic acids is 1. The molecule has 3 aromatic heterocycles. The Bertz CT molecular complexity index is 988. The quantitative estimate of drug-likeness (QED) is 0.666. The minimum atomic E-state index is -0.141. The number of rotatable bonds is 3. The minimum absolute atomic E-state index is 0.0462. The molecule has 2 saturated heterocycles. The van der Waals surface area contributed by atoms with Crippen LogP contribution >= 0.6 is 0 Å². The van der Waals surface area contributed by atoms with Crippen LogP contribution in [0, 0.1) is 5.41 Å². The summed E-state index contributed by atoms with van der Waals surface area (Å²) in [7, 11) is 0. The molecule has 2 aliphatic rings. The number of aromatic nitrogens is 5. The van der Waals surface area contributed by atoms with Crippen molar-refractivity contribution in [3.05, 3.63) is 54.7 Å². The van der Waals surface area contributed by atoms with E-state index in [1.54, 1.807) is 18.6 Å². The Morgan fingerprint density at radius 1 is 1.07 bits per heavy atom. The number of amides is 1. The van der Waals surface area contributed by atoms with E-state index >= 15 is 0 Å². The largest absolute Gasteiger partial charge is 0.420 e. The predicted molar refractivity (Wildman–Crippen MR) is 101 cm³/mol. The molecule has 0 aromatic carbocycles. The van der Waals surface area contributed by atoms with Crippen molar-refractivity contribution < 1.29 is 13.9 Å². The van der Waals surface area contributed by atoms with Gasteiger partial charge in [-0.3, -0.25) is 14.8 Å². The fraction of sp³-hybridized carbons (Fsp3) is 0.400. The Balaban J connectivity index is 1.46. The minimum Gasteiger partial charge on any atom is -0.420 e. The number of nitrogens with zero attached hydrogens (tertiary/aromatic N) is 6. The van der Waals surface area contributed by atoms with Crippen LogP contribution in [0.5, 0.6) is 0 Å². The maximum atomic E-state index is 13.0. The lowest BCUT2D eigenvalue weighted by Gasteiger charge is -2.36. The molecule has 2 fully saturated rings. The summed E-state index contributed by atoms with van der Waals surface area (Å²) in [5.74, 6) is 0.854. The van der Waals surface area contributed by atoms with Crippen LogP contribution in [-0.4, -0.2) is 62.3 Å². The Kier molecular flexibility index (Phi) is 4.51. The van der Waals surface area contributed by atoms with E-state index in [1.165, 1.54) is 12.4 Å². The van der Waals surface area contributed by atoms with E-state index in [9.17, 15) is 4.79 Å². The molecule has 9 nitrogen and oxygen atoms in total. The average Bonchev–Trinajstić information content (AvgIpc) is 3.40. The van der Waals surface area contributed by atoms with E-state index in [1.807, 2.05) is 17.0 Å². The van der Waals surface area contributed by atoms with Gasteiger partial charge in [-0.25, -0.2) is 4.98 Å². The Morgan fingerprint density at radius 3 is 2.66 bits per heavy atom. The first-order chi connectivity index (χ1) is 14.3. The summed E-state index contributed by atoms with van der Waals surface area (Å²) in [6.07, 6.45) is 9.66. The average molecular weight is 392 g/mol. The van der Waals surface area contributed by atoms with Crippen LogP contribution in [-0.2, 0) is 4.74 Å². The molecule has 9 heteroatoms. The fourth-order valence-corrected chi connectivity index (χ4v) is 4.31. The molecule has 0 saturated carbocycles. The summed E-state index contributed by atoms with van der Waals surface area (Å²) in [4.78, 5) is 27.0. The van der Waals surface area contributed by atoms with Crippen LogP contribution in [0.25, 0.3) is 11.5 Å². The van der Waals surface area contributed by atoms with Gasteiger partial charge in [0, 0.05) is 62.1 Å². The summed E-state index contributed by atoms with van der Waals surface area (Å²) < 4.78 is 11.7. The van der Waals surface area contributed by atoms with E-state index < -0.39 is 0 Å². The van der Waals surface area contributed by atoms with Gasteiger partial charge in [0.15, 0.2) is 0 Å². The van der Waals surface area contributed by atoms with Crippen LogP contribution < -0.4 is 0 Å². The number of carbonyl (C=O) groups is 1. The number of ether oxygens (including phenoxy) is 1. The zero-order valence-electron chi connectivity index (χ0n) is 15.8. The Hall–Kier alpha value is -3.20. The van der Waals surface area contributed by atoms with Crippen molar-refractivity contribution in [2.45, 2.75) is 18.8 Å². The number of likely N-dealkylation sites (tertiary alicyclic amines) is 1. The molecule has 0 aliphatic carbocycles. The molecular formula is C20H20N6O3. The van der Waals surface area contributed by atoms with Crippen LogP contribution in [0.3, 0.4) is 0 Å². The standard InChI is InChI=1S/C20H20N6O3/c27-19(16-11-22-7-8-23-16)26-12-15(20(13-26)3-9-28-10-4-20)18-25-24-17(29-18)14-1-5-21-6-2-14/h1-2,5-8,11,15H,3-4,9-10,12-13H2. The molecule has 29 heavy (non-hydrogen) atoms. The third-order valence-electron chi connectivity index (χ3n) is 5.87. The molecule has 1 amide bonds. The van der Waals surface area contributed by atoms with Gasteiger partial charge in [-0.2, -0.15) is 0 Å². The molecule has 0 bridgehead atoms. The summed E-state index contributed by atoms with van der Waals surface area (Å²) >= 11 is 0. The second-order valence-electron chi connectivity index (χ2n) is 7.48. The monoisotopic (exact) mass is 392 g/mol. The fourth-order valence-electron chi connectivity index (χ4n) is 4.31. The Labute approximate surface area is 167 Å². The van der Waals surface area contributed by atoms with Crippen LogP contribution in [0.2, 0.25) is 0 Å². The predicted octanol–water partition coefficient (Wildman–Crippen LogP) is 1.96. The summed E-state index contributed by atoms with van der Waals surface area (Å²) in [5, 5.41) is 8.58. The smallest absolute Gasteiger partial charge is 0.274 e. The van der Waals surface area contributed by atoms with Gasteiger partial charge in [-0.05, 0) is 25.0 Å². The highest BCUT2D eigenvalue weighted by atomic mass is 16.5. The van der Waals surface area contributed by atoms with Crippen LogP contribution in [0.1, 0.15) is 35.1 Å². The second-order valence-corrected chi connectivity index (χ2v) is 7.48. The van der Waals surface area contributed by atoms with Crippen molar-refractivity contribution in [3.8, 4) is 11.5 Å². The van der Waals surface area contributed by atoms with Gasteiger partial charge in [0.2, 0.25) is 11.8 Å². The maximum Gasteiger partial charge on any atom is 0.274 e. The molecule has 148 valence electrons. The highest BCUT2D eigenvalue weighted by Crippen LogP contribution is 2.49. The first-order valence-electron chi connectivity index (χ1n) is 9.62. The molecule has 5 heterocycles. The molecular weight excluding hydrogens is 372 g/mol. The number of hydrogen-bond donors (Lipinski definition) is 0. The second kappa shape index (κ2) is 7.32. The highest BCUT2D eigenvalue weighted by Gasteiger charge is 2.51. The van der Waals surface area contributed by atoms with E-state index in [0.717, 1.165) is 18.4 Å². The third-order valence-corrected chi connectivity index (χ3v) is 5.87. The van der Waals surface area contributed by atoms with Crippen molar-refractivity contribution in [3.63, 3.8) is 0 Å². The zero-order valence-corrected chi connectivity index (χ0v) is 15.8. The van der Waals surface area contributed by atoms with Gasteiger partial charge in [0.1, 0.15) is 5.69 Å². The maximum absolute atomic E-state index is 13.0. The van der Waals surface area contributed by atoms with Crippen molar-refractivity contribution in [1.29, 1.82) is 0 Å². The van der Waals surface area contributed by atoms with Gasteiger partial charge in [0.05, 0.1) is 12.1 Å². The molecule has 0 N–H and O–H groups in total. The van der Waals surface area contributed by atoms with E-state index in [4.69, 9.17) is 9.15 Å². The first kappa shape index (κ1) is 17.9. The number of pyridine rings is 1. The lowest BCUT2D eigenvalue weighted by molar-refractivity contribution is 0.00905. The van der Waals surface area contributed by atoms with Crippen LogP contribution in [0.4, 0.5) is 0 Å². The van der Waals surface area contributed by atoms with Crippen molar-refractivity contribution in [2.24, 2.45) is 5.41 Å². The summed E-state index contributed by atoms with van der Waals surface area (Å²) in [6, 6.07) is 3.67. The SMILES string of the molecule is O=C(c1cnccn1)N1CC(c2nnc(-c3ccncc3)o2)C2(CCOCC2)C1. The molecule has 1 atom stereocenters. The van der Waals surface area contributed by atoms with Crippen molar-refractivity contribution in [2.75, 3.05) is 26.3 Å². The summed E-state index contributed by atoms with van der Waals surface area (Å²) in [5.41, 5.74) is 1.03. The van der Waals surface area contributed by atoms with Gasteiger partial charge in [-0.1, -0.05) is 0 Å². The van der Waals surface area contributed by atoms with Gasteiger partial charge in [0.25, 0.3) is 5.91 Å². The molecule has 2 aliphatic heterocycles. The van der Waals surface area contributed by atoms with Crippen LogP contribution in [0.15, 0.2) is 47.5 Å². The lowest BCUT2D eigenvalue weighted by Crippen LogP contribution is -2.37. The van der Waals surface area contributed by atoms with E-state index in [2.05, 4.69) is 25.1 Å². The zero-order chi connectivity index (χ0) is 19.7. The molecule has 3 aromatic rings. The molecule has 5 rings (SSSR count). The molecule has 1 unspecified atom stereocenters. The normalized spacial score (nSPS) is 20.8. The summed E-state index contributed by atoms with van der Waals surface area (Å²) in [6.45, 7) is 2.45. The van der Waals surface area contributed by atoms with E-state index in [0.29, 0.717) is 43.8 Å². The topological polar surface area (TPSA) is 107 Å². The number of hydrogen-bond acceptors (Lipinski definition) is 8. The molecule has 1 spiro atoms. The van der Waals surface area contributed by atoms with Crippen molar-refractivity contribution >= 4 is 5.91 Å². The Morgan fingerprint density at radius 2 is 1.90 bits per heavy atom. The van der Waals surface area contributed by atoms with Gasteiger partial charge >= 0.3 is 0 Å². The van der Waals surface area contributed by atoms with Gasteiger partial charge in [-0.15, -0.1) is 10.2 Å². The van der Waals surface area contributed by atoms with E-state index in [-0.39, 0.29) is 17.2 Å². The van der Waals surface area contributed by atoms with Gasteiger partial charge < -0.3 is 14.1 Å². The van der Waals surface area contributed by atoms with Crippen molar-refractivity contribution in [1.82, 2.24) is 30.0 Å². The highest BCUT2D eigenvalue weighted by molar-refractivity contribution is 5.92. The first-order valence-corrected chi connectivity index (χ1v) is 9.62. The lowest BCUT2D eigenvalue weighted by atomic mass is 9.72. The third kappa shape index (κ3) is 3.27. The molecule has 0 radical (unpaired) electrons.